The average Bonchev–Trinajstić information content (AvgIpc) is 2.68. The lowest BCUT2D eigenvalue weighted by Gasteiger charge is -2.28. The molecule has 2 aromatic carbocycles. The largest absolute Gasteiger partial charge is 0.457 e. The van der Waals surface area contributed by atoms with Gasteiger partial charge in [0.2, 0.25) is 0 Å². The van der Waals surface area contributed by atoms with Crippen molar-refractivity contribution < 1.29 is 26.3 Å². The molecule has 11 heteroatoms. The monoisotopic (exact) mass is 455 g/mol. The molecule has 2 aliphatic rings. The van der Waals surface area contributed by atoms with Crippen molar-refractivity contribution in [1.82, 2.24) is 5.01 Å². The van der Waals surface area contributed by atoms with Crippen molar-refractivity contribution in [3.05, 3.63) is 65.7 Å². The van der Waals surface area contributed by atoms with E-state index in [1.54, 1.807) is 24.3 Å². The van der Waals surface area contributed by atoms with Gasteiger partial charge in [-0.25, -0.2) is 13.4 Å². The number of hydrogen-bond acceptors (Lipinski definition) is 5. The molecule has 0 amide bonds. The van der Waals surface area contributed by atoms with Gasteiger partial charge in [0, 0.05) is 5.57 Å². The average molecular weight is 456 g/mol. The van der Waals surface area contributed by atoms with Crippen molar-refractivity contribution in [2.24, 2.45) is 9.50 Å². The number of ether oxygens (including phenoxy) is 1. The summed E-state index contributed by atoms with van der Waals surface area (Å²) in [6, 6.07) is 10.9. The molecule has 0 bridgehead atoms. The van der Waals surface area contributed by atoms with Gasteiger partial charge >= 0.3 is 6.18 Å². The number of allylic oxidation sites excluding steroid dienone is 1. The maximum Gasteiger partial charge on any atom is 0.416 e. The number of sulfonamides is 1. The summed E-state index contributed by atoms with van der Waals surface area (Å²) in [5.74, 6) is 0.348. The third-order valence-electron chi connectivity index (χ3n) is 4.31. The SMILES string of the molecule is O=S1(=O)CCN2N=C(Cl)C=C(c3ccc(Oc4cccc(C(F)(F)F)c4)cc3)C2=N1. The quantitative estimate of drug-likeness (QED) is 0.683. The molecule has 0 N–H and O–H groups in total. The van der Waals surface area contributed by atoms with Crippen LogP contribution in [0.1, 0.15) is 11.1 Å². The Kier molecular flexibility index (Phi) is 5.07. The summed E-state index contributed by atoms with van der Waals surface area (Å²) >= 11 is 6.05. The maximum atomic E-state index is 12.8. The van der Waals surface area contributed by atoms with Crippen molar-refractivity contribution in [2.45, 2.75) is 6.18 Å². The number of benzene rings is 2. The Morgan fingerprint density at radius 1 is 1.07 bits per heavy atom. The normalized spacial score (nSPS) is 18.1. The highest BCUT2D eigenvalue weighted by Gasteiger charge is 2.31. The number of nitrogens with zero attached hydrogens (tertiary/aromatic N) is 3. The van der Waals surface area contributed by atoms with Gasteiger partial charge < -0.3 is 4.74 Å². The molecule has 30 heavy (non-hydrogen) atoms. The lowest BCUT2D eigenvalue weighted by atomic mass is 10.0. The van der Waals surface area contributed by atoms with E-state index in [0.717, 1.165) is 12.1 Å². The third-order valence-corrected chi connectivity index (χ3v) is 5.65. The zero-order valence-corrected chi connectivity index (χ0v) is 16.7. The second-order valence-corrected chi connectivity index (χ2v) is 8.60. The number of hydrogen-bond donors (Lipinski definition) is 0. The van der Waals surface area contributed by atoms with E-state index in [9.17, 15) is 21.6 Å². The Hall–Kier alpha value is -2.85. The lowest BCUT2D eigenvalue weighted by molar-refractivity contribution is -0.137. The first-order valence-corrected chi connectivity index (χ1v) is 10.6. The fraction of sp³-hybridized carbons (Fsp3) is 0.158. The van der Waals surface area contributed by atoms with Gasteiger partial charge in [0.15, 0.2) is 5.84 Å². The van der Waals surface area contributed by atoms with Crippen LogP contribution in [0.15, 0.2) is 64.1 Å². The fourth-order valence-electron chi connectivity index (χ4n) is 2.93. The predicted octanol–water partition coefficient (Wildman–Crippen LogP) is 4.49. The van der Waals surface area contributed by atoms with Gasteiger partial charge in [-0.2, -0.15) is 18.3 Å². The van der Waals surface area contributed by atoms with Crippen molar-refractivity contribution in [3.63, 3.8) is 0 Å². The van der Waals surface area contributed by atoms with Gasteiger partial charge in [-0.15, -0.1) is 4.40 Å². The van der Waals surface area contributed by atoms with Crippen LogP contribution >= 0.6 is 11.6 Å². The van der Waals surface area contributed by atoms with Gasteiger partial charge in [0.05, 0.1) is 17.9 Å². The fourth-order valence-corrected chi connectivity index (χ4v) is 4.08. The third kappa shape index (κ3) is 4.34. The van der Waals surface area contributed by atoms with Gasteiger partial charge in [0.25, 0.3) is 10.0 Å². The van der Waals surface area contributed by atoms with E-state index in [1.807, 2.05) is 0 Å². The van der Waals surface area contributed by atoms with E-state index in [2.05, 4.69) is 9.50 Å². The van der Waals surface area contributed by atoms with Crippen molar-refractivity contribution >= 4 is 38.2 Å². The van der Waals surface area contributed by atoms with Gasteiger partial charge in [0.1, 0.15) is 16.7 Å². The molecule has 0 spiro atoms. The Morgan fingerprint density at radius 2 is 1.80 bits per heavy atom. The molecule has 2 aliphatic heterocycles. The molecule has 0 aromatic heterocycles. The molecular weight excluding hydrogens is 443 g/mol. The first-order valence-electron chi connectivity index (χ1n) is 8.63. The number of hydrazone groups is 1. The second-order valence-electron chi connectivity index (χ2n) is 6.46. The van der Waals surface area contributed by atoms with E-state index >= 15 is 0 Å². The van der Waals surface area contributed by atoms with Crippen molar-refractivity contribution in [2.75, 3.05) is 12.3 Å². The van der Waals surface area contributed by atoms with E-state index in [-0.39, 0.29) is 29.1 Å². The number of amidine groups is 1. The van der Waals surface area contributed by atoms with Crippen LogP contribution in [0.4, 0.5) is 13.2 Å². The number of halogens is 4. The van der Waals surface area contributed by atoms with E-state index < -0.39 is 21.8 Å². The van der Waals surface area contributed by atoms with Crippen LogP contribution in [-0.4, -0.2) is 36.7 Å². The lowest BCUT2D eigenvalue weighted by Crippen LogP contribution is -2.38. The smallest absolute Gasteiger partial charge is 0.416 e. The van der Waals surface area contributed by atoms with Crippen molar-refractivity contribution in [1.29, 1.82) is 0 Å². The molecule has 0 saturated heterocycles. The number of fused-ring (bicyclic) bond motifs is 1. The van der Waals surface area contributed by atoms with Crippen LogP contribution in [0.3, 0.4) is 0 Å². The molecule has 0 aliphatic carbocycles. The molecule has 0 atom stereocenters. The van der Waals surface area contributed by atoms with E-state index in [0.29, 0.717) is 16.9 Å². The first kappa shape index (κ1) is 20.4. The van der Waals surface area contributed by atoms with E-state index in [1.165, 1.54) is 23.2 Å². The second kappa shape index (κ2) is 7.44. The highest BCUT2D eigenvalue weighted by Crippen LogP contribution is 2.33. The summed E-state index contributed by atoms with van der Waals surface area (Å²) in [5, 5.41) is 5.67. The van der Waals surface area contributed by atoms with Gasteiger partial charge in [-0.3, -0.25) is 0 Å². The maximum absolute atomic E-state index is 12.8. The Labute approximate surface area is 175 Å². The van der Waals surface area contributed by atoms with Gasteiger partial charge in [-0.1, -0.05) is 29.8 Å². The van der Waals surface area contributed by atoms with Crippen LogP contribution in [0.2, 0.25) is 0 Å². The Bertz CT molecular complexity index is 1190. The molecule has 4 rings (SSSR count). The summed E-state index contributed by atoms with van der Waals surface area (Å²) in [6.07, 6.45) is -2.97. The minimum atomic E-state index is -4.47. The zero-order valence-electron chi connectivity index (χ0n) is 15.1. The van der Waals surface area contributed by atoms with Crippen LogP contribution in [0.25, 0.3) is 5.57 Å². The van der Waals surface area contributed by atoms with Crippen LogP contribution in [-0.2, 0) is 16.2 Å². The zero-order chi connectivity index (χ0) is 21.5. The molecule has 2 heterocycles. The Morgan fingerprint density at radius 3 is 2.50 bits per heavy atom. The molecule has 2 aromatic rings. The van der Waals surface area contributed by atoms with Crippen LogP contribution < -0.4 is 4.74 Å². The summed E-state index contributed by atoms with van der Waals surface area (Å²) in [5.41, 5.74) is 0.249. The molecule has 0 fully saturated rings. The molecule has 156 valence electrons. The van der Waals surface area contributed by atoms with Crippen LogP contribution in [0.5, 0.6) is 11.5 Å². The minimum absolute atomic E-state index is 0.0403. The molecule has 0 saturated carbocycles. The predicted molar refractivity (Wildman–Crippen MR) is 107 cm³/mol. The summed E-state index contributed by atoms with van der Waals surface area (Å²) in [4.78, 5) is 0. The van der Waals surface area contributed by atoms with Crippen molar-refractivity contribution in [3.8, 4) is 11.5 Å². The van der Waals surface area contributed by atoms with Crippen LogP contribution in [0, 0.1) is 0 Å². The summed E-state index contributed by atoms with van der Waals surface area (Å²) in [7, 11) is -3.60. The molecule has 0 unspecified atom stereocenters. The summed E-state index contributed by atoms with van der Waals surface area (Å²) in [6.45, 7) is 0.130. The van der Waals surface area contributed by atoms with E-state index in [4.69, 9.17) is 16.3 Å². The molecule has 6 nitrogen and oxygen atoms in total. The molecular formula is C19H13ClF3N3O3S. The Balaban J connectivity index is 1.61. The number of alkyl halides is 3. The highest BCUT2D eigenvalue weighted by atomic mass is 35.5. The van der Waals surface area contributed by atoms with Gasteiger partial charge in [-0.05, 0) is 42.0 Å². The first-order chi connectivity index (χ1) is 14.1. The topological polar surface area (TPSA) is 71.3 Å². The minimum Gasteiger partial charge on any atom is -0.457 e. The molecule has 0 radical (unpaired) electrons. The standard InChI is InChI=1S/C19H13ClF3N3O3S/c20-17-11-16(18-25-30(27,28)9-8-26(18)24-17)12-4-6-14(7-5-12)29-15-3-1-2-13(10-15)19(21,22)23/h1-7,10-11H,8-9H2. The summed E-state index contributed by atoms with van der Waals surface area (Å²) < 4.78 is 71.6. The number of rotatable bonds is 3. The highest BCUT2D eigenvalue weighted by molar-refractivity contribution is 7.90.